The molecule has 1 heterocycles. The average Bonchev–Trinajstić information content (AvgIpc) is 2.69. The Balaban J connectivity index is 2.55. The van der Waals surface area contributed by atoms with E-state index in [-0.39, 0.29) is 0 Å². The van der Waals surface area contributed by atoms with Gasteiger partial charge in [0.25, 0.3) is 0 Å². The summed E-state index contributed by atoms with van der Waals surface area (Å²) in [5, 5.41) is 3.01. The van der Waals surface area contributed by atoms with E-state index in [2.05, 4.69) is 15.1 Å². The van der Waals surface area contributed by atoms with E-state index < -0.39 is 0 Å². The summed E-state index contributed by atoms with van der Waals surface area (Å²) in [5.74, 6) is 0.961. The van der Waals surface area contributed by atoms with E-state index in [1.54, 1.807) is 6.07 Å². The molecule has 0 aliphatic rings. The molecule has 0 amide bonds. The molecule has 0 saturated carbocycles. The number of hydrogen-bond donors (Lipinski definition) is 0. The van der Waals surface area contributed by atoms with E-state index in [0.29, 0.717) is 5.69 Å². The first-order chi connectivity index (χ1) is 9.02. The Bertz CT molecular complexity index is 601. The molecular formula is C14H18N4O. The predicted molar refractivity (Wildman–Crippen MR) is 76.2 cm³/mol. The highest BCUT2D eigenvalue weighted by Gasteiger charge is 2.12. The van der Waals surface area contributed by atoms with Crippen LogP contribution in [0.5, 0.6) is 0 Å². The second-order valence-electron chi connectivity index (χ2n) is 4.92. The second kappa shape index (κ2) is 5.32. The lowest BCUT2D eigenvalue weighted by Crippen LogP contribution is -2.12. The number of nitrogens with zero attached hydrogens (tertiary/aromatic N) is 4. The van der Waals surface area contributed by atoms with Crippen molar-refractivity contribution in [2.75, 3.05) is 14.1 Å². The van der Waals surface area contributed by atoms with Crippen LogP contribution in [0.25, 0.3) is 11.3 Å². The third-order valence-electron chi connectivity index (χ3n) is 3.18. The minimum Gasteiger partial charge on any atom is -0.331 e. The molecule has 100 valence electrons. The number of benzene rings is 1. The highest BCUT2D eigenvalue weighted by molar-refractivity contribution is 5.67. The summed E-state index contributed by atoms with van der Waals surface area (Å²) >= 11 is 0. The largest absolute Gasteiger partial charge is 0.331 e. The first-order valence-corrected chi connectivity index (χ1v) is 6.12. The molecule has 0 atom stereocenters. The fourth-order valence-electron chi connectivity index (χ4n) is 2.11. The van der Waals surface area contributed by atoms with E-state index in [1.165, 1.54) is 0 Å². The molecule has 2 aromatic rings. The maximum atomic E-state index is 10.7. The van der Waals surface area contributed by atoms with Crippen molar-refractivity contribution in [2.45, 2.75) is 13.5 Å². The van der Waals surface area contributed by atoms with Crippen molar-refractivity contribution in [3.8, 4) is 11.3 Å². The Morgan fingerprint density at radius 1 is 1.37 bits per heavy atom. The second-order valence-corrected chi connectivity index (χ2v) is 4.92. The molecule has 0 N–H and O–H groups in total. The van der Waals surface area contributed by atoms with Crippen LogP contribution in [0.15, 0.2) is 29.6 Å². The smallest absolute Gasteiger partial charge is 0.108 e. The first kappa shape index (κ1) is 13.4. The average molecular weight is 258 g/mol. The van der Waals surface area contributed by atoms with Crippen molar-refractivity contribution in [3.63, 3.8) is 0 Å². The SMILES string of the molecule is Cc1ncc(-c2ccc(N=O)cc2CN(C)C)n1C. The van der Waals surface area contributed by atoms with Gasteiger partial charge in [-0.25, -0.2) is 4.98 Å². The maximum Gasteiger partial charge on any atom is 0.108 e. The molecule has 19 heavy (non-hydrogen) atoms. The van der Waals surface area contributed by atoms with Crippen molar-refractivity contribution in [2.24, 2.45) is 12.2 Å². The van der Waals surface area contributed by atoms with Gasteiger partial charge < -0.3 is 9.47 Å². The lowest BCUT2D eigenvalue weighted by atomic mass is 10.0. The molecule has 0 fully saturated rings. The monoisotopic (exact) mass is 258 g/mol. The number of imidazole rings is 1. The molecule has 0 unspecified atom stereocenters. The highest BCUT2D eigenvalue weighted by atomic mass is 16.3. The van der Waals surface area contributed by atoms with Crippen LogP contribution in [0.4, 0.5) is 5.69 Å². The van der Waals surface area contributed by atoms with Crippen molar-refractivity contribution < 1.29 is 0 Å². The van der Waals surface area contributed by atoms with Crippen LogP contribution in [-0.2, 0) is 13.6 Å². The molecule has 1 aromatic heterocycles. The van der Waals surface area contributed by atoms with Crippen LogP contribution in [0.2, 0.25) is 0 Å². The van der Waals surface area contributed by atoms with E-state index in [4.69, 9.17) is 0 Å². The van der Waals surface area contributed by atoms with Gasteiger partial charge in [0.05, 0.1) is 11.9 Å². The normalized spacial score (nSPS) is 11.0. The first-order valence-electron chi connectivity index (χ1n) is 6.12. The van der Waals surface area contributed by atoms with E-state index in [0.717, 1.165) is 29.2 Å². The van der Waals surface area contributed by atoms with Crippen molar-refractivity contribution >= 4 is 5.69 Å². The molecule has 2 rings (SSSR count). The van der Waals surface area contributed by atoms with Crippen LogP contribution in [0, 0.1) is 11.8 Å². The van der Waals surface area contributed by atoms with Gasteiger partial charge in [-0.1, -0.05) is 6.07 Å². The third kappa shape index (κ3) is 2.71. The van der Waals surface area contributed by atoms with Crippen LogP contribution in [0.3, 0.4) is 0 Å². The number of aryl methyl sites for hydroxylation is 1. The zero-order valence-corrected chi connectivity index (χ0v) is 11.7. The van der Waals surface area contributed by atoms with Gasteiger partial charge >= 0.3 is 0 Å². The molecule has 0 aliphatic carbocycles. The predicted octanol–water partition coefficient (Wildman–Crippen LogP) is 2.86. The van der Waals surface area contributed by atoms with Crippen molar-refractivity contribution in [3.05, 3.63) is 40.7 Å². The van der Waals surface area contributed by atoms with Gasteiger partial charge in [0, 0.05) is 19.2 Å². The lowest BCUT2D eigenvalue weighted by molar-refractivity contribution is 0.403. The van der Waals surface area contributed by atoms with Crippen molar-refractivity contribution in [1.82, 2.24) is 14.5 Å². The number of rotatable bonds is 4. The zero-order valence-electron chi connectivity index (χ0n) is 11.7. The highest BCUT2D eigenvalue weighted by Crippen LogP contribution is 2.28. The molecule has 1 aromatic carbocycles. The summed E-state index contributed by atoms with van der Waals surface area (Å²) in [6, 6.07) is 5.51. The molecule has 0 radical (unpaired) electrons. The van der Waals surface area contributed by atoms with E-state index >= 15 is 0 Å². The molecule has 0 spiro atoms. The molecule has 0 bridgehead atoms. The van der Waals surface area contributed by atoms with Gasteiger partial charge in [0.2, 0.25) is 0 Å². The van der Waals surface area contributed by atoms with Crippen LogP contribution < -0.4 is 0 Å². The van der Waals surface area contributed by atoms with Gasteiger partial charge in [0.15, 0.2) is 0 Å². The minimum atomic E-state index is 0.458. The Hall–Kier alpha value is -2.01. The number of aromatic nitrogens is 2. The summed E-state index contributed by atoms with van der Waals surface area (Å²) in [6.07, 6.45) is 1.86. The zero-order chi connectivity index (χ0) is 14.0. The summed E-state index contributed by atoms with van der Waals surface area (Å²) in [5.41, 5.74) is 3.67. The van der Waals surface area contributed by atoms with Gasteiger partial charge in [-0.05, 0) is 43.9 Å². The van der Waals surface area contributed by atoms with Crippen molar-refractivity contribution in [1.29, 1.82) is 0 Å². The van der Waals surface area contributed by atoms with Gasteiger partial charge in [-0.2, -0.15) is 0 Å². The fourth-order valence-corrected chi connectivity index (χ4v) is 2.11. The Labute approximate surface area is 112 Å². The van der Waals surface area contributed by atoms with Gasteiger partial charge in [0.1, 0.15) is 11.5 Å². The Morgan fingerprint density at radius 2 is 2.11 bits per heavy atom. The van der Waals surface area contributed by atoms with Crippen LogP contribution in [-0.4, -0.2) is 28.5 Å². The quantitative estimate of drug-likeness (QED) is 0.792. The summed E-state index contributed by atoms with van der Waals surface area (Å²) in [4.78, 5) is 17.1. The topological polar surface area (TPSA) is 50.5 Å². The number of nitroso groups, excluding NO2 is 1. The Morgan fingerprint density at radius 3 is 2.63 bits per heavy atom. The number of hydrogen-bond acceptors (Lipinski definition) is 4. The Kier molecular flexibility index (Phi) is 3.76. The maximum absolute atomic E-state index is 10.7. The molecule has 0 aliphatic heterocycles. The van der Waals surface area contributed by atoms with Gasteiger partial charge in [-0.3, -0.25) is 0 Å². The van der Waals surface area contributed by atoms with Crippen LogP contribution in [0.1, 0.15) is 11.4 Å². The third-order valence-corrected chi connectivity index (χ3v) is 3.18. The molecule has 5 heteroatoms. The lowest BCUT2D eigenvalue weighted by Gasteiger charge is -2.15. The summed E-state index contributed by atoms with van der Waals surface area (Å²) < 4.78 is 2.04. The standard InChI is InChI=1S/C14H18N4O/c1-10-15-8-14(18(10)4)13-6-5-12(16-19)7-11(13)9-17(2)3/h5-8H,9H2,1-4H3. The fraction of sp³-hybridized carbons (Fsp3) is 0.357. The van der Waals surface area contributed by atoms with E-state index in [9.17, 15) is 4.91 Å². The molecule has 5 nitrogen and oxygen atoms in total. The van der Waals surface area contributed by atoms with Gasteiger partial charge in [-0.15, -0.1) is 4.91 Å². The summed E-state index contributed by atoms with van der Waals surface area (Å²) in [6.45, 7) is 2.72. The summed E-state index contributed by atoms with van der Waals surface area (Å²) in [7, 11) is 5.99. The molecular weight excluding hydrogens is 240 g/mol. The molecule has 0 saturated heterocycles. The van der Waals surface area contributed by atoms with E-state index in [1.807, 2.05) is 51.0 Å². The minimum absolute atomic E-state index is 0.458. The van der Waals surface area contributed by atoms with Crippen LogP contribution >= 0.6 is 0 Å².